The van der Waals surface area contributed by atoms with Crippen molar-refractivity contribution in [3.8, 4) is 22.8 Å². The van der Waals surface area contributed by atoms with Crippen molar-refractivity contribution in [3.05, 3.63) is 23.1 Å². The molecule has 25 heavy (non-hydrogen) atoms. The third-order valence-corrected chi connectivity index (χ3v) is 4.79. The number of hydrogen-bond acceptors (Lipinski definition) is 7. The summed E-state index contributed by atoms with van der Waals surface area (Å²) in [5.74, 6) is 1.12. The highest BCUT2D eigenvalue weighted by molar-refractivity contribution is 7.16. The number of thiazole rings is 1. The minimum absolute atomic E-state index is 0.181. The minimum Gasteiger partial charge on any atom is -0.493 e. The van der Waals surface area contributed by atoms with E-state index in [0.29, 0.717) is 29.8 Å². The van der Waals surface area contributed by atoms with Crippen LogP contribution in [0.3, 0.4) is 0 Å². The average molecular weight is 363 g/mol. The second-order valence-corrected chi connectivity index (χ2v) is 6.75. The molecule has 0 radical (unpaired) electrons. The van der Waals surface area contributed by atoms with Gasteiger partial charge in [-0.3, -0.25) is 10.1 Å². The highest BCUT2D eigenvalue weighted by Crippen LogP contribution is 2.36. The molecular weight excluding hydrogens is 342 g/mol. The van der Waals surface area contributed by atoms with Crippen molar-refractivity contribution in [3.63, 3.8) is 0 Å². The fourth-order valence-electron chi connectivity index (χ4n) is 2.62. The fraction of sp³-hybridized carbons (Fsp3) is 0.412. The van der Waals surface area contributed by atoms with Crippen molar-refractivity contribution < 1.29 is 19.0 Å². The smallest absolute Gasteiger partial charge is 0.256 e. The van der Waals surface area contributed by atoms with Gasteiger partial charge in [-0.1, -0.05) is 0 Å². The Labute approximate surface area is 150 Å². The maximum Gasteiger partial charge on any atom is 0.256 e. The number of nitrogens with zero attached hydrogens (tertiary/aromatic N) is 1. The van der Waals surface area contributed by atoms with E-state index in [1.807, 2.05) is 25.1 Å². The summed E-state index contributed by atoms with van der Waals surface area (Å²) >= 11 is 1.43. The van der Waals surface area contributed by atoms with Crippen molar-refractivity contribution in [1.82, 2.24) is 10.3 Å². The van der Waals surface area contributed by atoms with Crippen LogP contribution in [0.2, 0.25) is 0 Å². The van der Waals surface area contributed by atoms with Gasteiger partial charge in [-0.15, -0.1) is 11.3 Å². The lowest BCUT2D eigenvalue weighted by atomic mass is 10.1. The van der Waals surface area contributed by atoms with Crippen LogP contribution < -0.4 is 20.1 Å². The van der Waals surface area contributed by atoms with Crippen LogP contribution in [-0.2, 0) is 9.53 Å². The number of anilines is 1. The van der Waals surface area contributed by atoms with Gasteiger partial charge in [0.25, 0.3) is 5.91 Å². The SMILES string of the molecule is COc1ccc(-c2nc(NC(=O)[C@@H]3CNCCO3)sc2C)cc1OC. The molecule has 8 heteroatoms. The van der Waals surface area contributed by atoms with E-state index >= 15 is 0 Å². The van der Waals surface area contributed by atoms with Crippen molar-refractivity contribution in [2.75, 3.05) is 39.2 Å². The molecular formula is C17H21N3O4S. The highest BCUT2D eigenvalue weighted by atomic mass is 32.1. The standard InChI is InChI=1S/C17H21N3O4S/c1-10-15(11-4-5-12(22-2)13(8-11)23-3)19-17(25-10)20-16(21)14-9-18-6-7-24-14/h4-5,8,14,18H,6-7,9H2,1-3H3,(H,19,20,21)/t14-/m0/s1. The molecule has 0 saturated carbocycles. The molecule has 1 aliphatic heterocycles. The molecule has 2 N–H and O–H groups in total. The molecule has 2 aromatic rings. The van der Waals surface area contributed by atoms with Gasteiger partial charge in [-0.25, -0.2) is 4.98 Å². The van der Waals surface area contributed by atoms with E-state index in [1.165, 1.54) is 11.3 Å². The second kappa shape index (κ2) is 7.81. The lowest BCUT2D eigenvalue weighted by molar-refractivity contribution is -0.128. The molecule has 1 amide bonds. The zero-order chi connectivity index (χ0) is 17.8. The summed E-state index contributed by atoms with van der Waals surface area (Å²) in [5.41, 5.74) is 1.71. The Bertz CT molecular complexity index is 756. The first-order valence-electron chi connectivity index (χ1n) is 7.95. The Morgan fingerprint density at radius 1 is 1.36 bits per heavy atom. The third-order valence-electron chi connectivity index (χ3n) is 3.90. The summed E-state index contributed by atoms with van der Waals surface area (Å²) < 4.78 is 16.1. The lowest BCUT2D eigenvalue weighted by Crippen LogP contribution is -2.45. The minimum atomic E-state index is -0.484. The lowest BCUT2D eigenvalue weighted by Gasteiger charge is -2.22. The van der Waals surface area contributed by atoms with Crippen LogP contribution >= 0.6 is 11.3 Å². The van der Waals surface area contributed by atoms with Crippen LogP contribution in [0.25, 0.3) is 11.3 Å². The van der Waals surface area contributed by atoms with E-state index in [9.17, 15) is 4.79 Å². The van der Waals surface area contributed by atoms with E-state index in [2.05, 4.69) is 15.6 Å². The molecule has 1 fully saturated rings. The summed E-state index contributed by atoms with van der Waals surface area (Å²) in [4.78, 5) is 17.8. The maximum absolute atomic E-state index is 12.3. The first kappa shape index (κ1) is 17.7. The summed E-state index contributed by atoms with van der Waals surface area (Å²) in [6.07, 6.45) is -0.484. The zero-order valence-electron chi connectivity index (χ0n) is 14.4. The summed E-state index contributed by atoms with van der Waals surface area (Å²) in [7, 11) is 3.20. The first-order valence-corrected chi connectivity index (χ1v) is 8.77. The van der Waals surface area contributed by atoms with Gasteiger partial charge >= 0.3 is 0 Å². The van der Waals surface area contributed by atoms with Crippen LogP contribution in [0.5, 0.6) is 11.5 Å². The number of rotatable bonds is 5. The number of benzene rings is 1. The summed E-state index contributed by atoms with van der Waals surface area (Å²) in [6.45, 7) is 3.78. The molecule has 134 valence electrons. The number of carbonyl (C=O) groups excluding carboxylic acids is 1. The second-order valence-electron chi connectivity index (χ2n) is 5.55. The van der Waals surface area contributed by atoms with Gasteiger partial charge in [0, 0.05) is 23.5 Å². The average Bonchev–Trinajstić information content (AvgIpc) is 3.01. The van der Waals surface area contributed by atoms with E-state index < -0.39 is 6.10 Å². The van der Waals surface area contributed by atoms with Gasteiger partial charge in [0.05, 0.1) is 26.5 Å². The number of morpholine rings is 1. The first-order chi connectivity index (χ1) is 12.1. The van der Waals surface area contributed by atoms with Crippen molar-refractivity contribution in [2.45, 2.75) is 13.0 Å². The normalized spacial score (nSPS) is 17.2. The van der Waals surface area contributed by atoms with E-state index in [-0.39, 0.29) is 5.91 Å². The van der Waals surface area contributed by atoms with Gasteiger partial charge in [0.1, 0.15) is 6.10 Å². The molecule has 1 saturated heterocycles. The fourth-order valence-corrected chi connectivity index (χ4v) is 3.46. The Hall–Kier alpha value is -2.16. The molecule has 0 spiro atoms. The number of carbonyl (C=O) groups is 1. The Kier molecular flexibility index (Phi) is 5.52. The number of aryl methyl sites for hydroxylation is 1. The number of nitrogens with one attached hydrogen (secondary N) is 2. The zero-order valence-corrected chi connectivity index (χ0v) is 15.2. The molecule has 1 atom stereocenters. The molecule has 1 aliphatic rings. The van der Waals surface area contributed by atoms with E-state index in [4.69, 9.17) is 14.2 Å². The molecule has 2 heterocycles. The largest absolute Gasteiger partial charge is 0.493 e. The Balaban J connectivity index is 1.79. The number of aromatic nitrogens is 1. The molecule has 0 unspecified atom stereocenters. The number of methoxy groups -OCH3 is 2. The quantitative estimate of drug-likeness (QED) is 0.846. The molecule has 1 aromatic heterocycles. The van der Waals surface area contributed by atoms with Gasteiger partial charge in [0.15, 0.2) is 16.6 Å². The summed E-state index contributed by atoms with van der Waals surface area (Å²) in [6, 6.07) is 5.64. The van der Waals surface area contributed by atoms with Crippen molar-refractivity contribution in [2.24, 2.45) is 0 Å². The molecule has 7 nitrogen and oxygen atoms in total. The maximum atomic E-state index is 12.3. The highest BCUT2D eigenvalue weighted by Gasteiger charge is 2.23. The number of ether oxygens (including phenoxy) is 3. The van der Waals surface area contributed by atoms with Gasteiger partial charge in [0.2, 0.25) is 0 Å². The van der Waals surface area contributed by atoms with Gasteiger partial charge < -0.3 is 19.5 Å². The van der Waals surface area contributed by atoms with Crippen molar-refractivity contribution >= 4 is 22.4 Å². The predicted octanol–water partition coefficient (Wildman–Crippen LogP) is 2.06. The van der Waals surface area contributed by atoms with E-state index in [1.54, 1.807) is 14.2 Å². The number of hydrogen-bond donors (Lipinski definition) is 2. The Morgan fingerprint density at radius 3 is 2.84 bits per heavy atom. The van der Waals surface area contributed by atoms with Crippen LogP contribution in [0, 0.1) is 6.92 Å². The Morgan fingerprint density at radius 2 is 2.16 bits per heavy atom. The molecule has 1 aromatic carbocycles. The van der Waals surface area contributed by atoms with Crippen LogP contribution in [0.15, 0.2) is 18.2 Å². The number of amides is 1. The van der Waals surface area contributed by atoms with Gasteiger partial charge in [-0.2, -0.15) is 0 Å². The molecule has 0 bridgehead atoms. The van der Waals surface area contributed by atoms with Gasteiger partial charge in [-0.05, 0) is 25.1 Å². The monoisotopic (exact) mass is 363 g/mol. The third kappa shape index (κ3) is 3.92. The van der Waals surface area contributed by atoms with Crippen LogP contribution in [0.1, 0.15) is 4.88 Å². The topological polar surface area (TPSA) is 81.7 Å². The molecule has 0 aliphatic carbocycles. The predicted molar refractivity (Wildman–Crippen MR) is 96.6 cm³/mol. The van der Waals surface area contributed by atoms with Crippen molar-refractivity contribution in [1.29, 1.82) is 0 Å². The van der Waals surface area contributed by atoms with E-state index in [0.717, 1.165) is 22.7 Å². The summed E-state index contributed by atoms with van der Waals surface area (Å²) in [5, 5.41) is 6.54. The van der Waals surface area contributed by atoms with Crippen LogP contribution in [0.4, 0.5) is 5.13 Å². The molecule has 3 rings (SSSR count). The van der Waals surface area contributed by atoms with Crippen LogP contribution in [-0.4, -0.2) is 50.9 Å².